The Hall–Kier alpha value is -5.15. The zero-order chi connectivity index (χ0) is 31.1. The minimum Gasteiger partial charge on any atom is -0.444 e. The van der Waals surface area contributed by atoms with Crippen molar-refractivity contribution in [1.82, 2.24) is 24.3 Å². The highest BCUT2D eigenvalue weighted by Gasteiger charge is 2.38. The van der Waals surface area contributed by atoms with Crippen LogP contribution in [0.3, 0.4) is 0 Å². The minimum absolute atomic E-state index is 0.0799. The quantitative estimate of drug-likeness (QED) is 0.251. The number of likely N-dealkylation sites (N-methyl/N-ethyl adjacent to an activating group) is 1. The van der Waals surface area contributed by atoms with Crippen LogP contribution in [0.2, 0.25) is 0 Å². The lowest BCUT2D eigenvalue weighted by atomic mass is 9.96. The number of likely N-dealkylation sites (tertiary alicyclic amines) is 1. The Morgan fingerprint density at radius 1 is 0.783 bits per heavy atom. The first kappa shape index (κ1) is 27.2. The normalized spacial score (nSPS) is 19.7. The van der Waals surface area contributed by atoms with Gasteiger partial charge in [-0.25, -0.2) is 4.79 Å². The molecule has 230 valence electrons. The van der Waals surface area contributed by atoms with Crippen LogP contribution in [0.25, 0.3) is 43.6 Å². The molecule has 2 atom stereocenters. The zero-order valence-corrected chi connectivity index (χ0v) is 25.5. The molecule has 1 N–H and O–H groups in total. The van der Waals surface area contributed by atoms with E-state index in [-0.39, 0.29) is 23.9 Å². The fourth-order valence-corrected chi connectivity index (χ4v) is 8.11. The molecular weight excluding hydrogens is 578 g/mol. The third-order valence-corrected chi connectivity index (χ3v) is 10.3. The van der Waals surface area contributed by atoms with Crippen LogP contribution in [0.5, 0.6) is 0 Å². The van der Waals surface area contributed by atoms with E-state index in [0.29, 0.717) is 30.6 Å². The van der Waals surface area contributed by atoms with Crippen molar-refractivity contribution < 1.29 is 19.1 Å². The van der Waals surface area contributed by atoms with Gasteiger partial charge in [0.2, 0.25) is 0 Å². The van der Waals surface area contributed by atoms with Crippen molar-refractivity contribution in [2.24, 2.45) is 0 Å². The van der Waals surface area contributed by atoms with E-state index in [0.717, 1.165) is 69.7 Å². The molecule has 0 radical (unpaired) electrons. The molecule has 9 rings (SSSR count). The Bertz CT molecular complexity index is 2250. The Morgan fingerprint density at radius 3 is 2.09 bits per heavy atom. The van der Waals surface area contributed by atoms with Crippen LogP contribution in [-0.2, 0) is 24.4 Å². The second-order valence-electron chi connectivity index (χ2n) is 12.8. The van der Waals surface area contributed by atoms with Crippen LogP contribution in [-0.4, -0.2) is 69.1 Å². The summed E-state index contributed by atoms with van der Waals surface area (Å²) in [6.07, 6.45) is 0.794. The highest BCUT2D eigenvalue weighted by atomic mass is 16.6. The van der Waals surface area contributed by atoms with Crippen LogP contribution in [0, 0.1) is 0 Å². The molecule has 2 unspecified atom stereocenters. The molecule has 46 heavy (non-hydrogen) atoms. The minimum atomic E-state index is -0.399. The smallest absolute Gasteiger partial charge is 0.410 e. The highest BCUT2D eigenvalue weighted by molar-refractivity contribution is 6.39. The molecule has 4 aromatic carbocycles. The van der Waals surface area contributed by atoms with Crippen molar-refractivity contribution in [3.63, 3.8) is 0 Å². The summed E-state index contributed by atoms with van der Waals surface area (Å²) in [6.45, 7) is 3.65. The molecule has 9 heteroatoms. The molecule has 0 bridgehead atoms. The molecule has 3 amide bonds. The first-order valence-corrected chi connectivity index (χ1v) is 16.0. The van der Waals surface area contributed by atoms with Crippen molar-refractivity contribution in [3.05, 3.63) is 95.6 Å². The fourth-order valence-electron chi connectivity index (χ4n) is 8.11. The van der Waals surface area contributed by atoms with Gasteiger partial charge in [0.15, 0.2) is 0 Å². The summed E-state index contributed by atoms with van der Waals surface area (Å²) < 4.78 is 10.8. The van der Waals surface area contributed by atoms with E-state index in [9.17, 15) is 14.4 Å². The summed E-state index contributed by atoms with van der Waals surface area (Å²) in [5, 5.41) is 6.01. The van der Waals surface area contributed by atoms with E-state index in [2.05, 4.69) is 49.7 Å². The predicted molar refractivity (Wildman–Crippen MR) is 177 cm³/mol. The maximum absolute atomic E-state index is 13.7. The van der Waals surface area contributed by atoms with Crippen LogP contribution in [0.1, 0.15) is 39.1 Å². The number of nitrogens with one attached hydrogen (secondary N) is 1. The van der Waals surface area contributed by atoms with E-state index in [1.165, 1.54) is 5.56 Å². The van der Waals surface area contributed by atoms with Gasteiger partial charge < -0.3 is 18.8 Å². The number of amides is 3. The number of hydrogen-bond donors (Lipinski definition) is 1. The van der Waals surface area contributed by atoms with Crippen molar-refractivity contribution in [2.75, 3.05) is 20.1 Å². The Morgan fingerprint density at radius 2 is 1.39 bits per heavy atom. The van der Waals surface area contributed by atoms with Gasteiger partial charge in [-0.3, -0.25) is 19.8 Å². The lowest BCUT2D eigenvalue weighted by molar-refractivity contribution is 0.0472. The molecule has 1 fully saturated rings. The summed E-state index contributed by atoms with van der Waals surface area (Å²) in [6, 6.07) is 26.6. The number of aryl methyl sites for hydroxylation is 1. The average Bonchev–Trinajstić information content (AvgIpc) is 3.81. The highest BCUT2D eigenvalue weighted by Crippen LogP contribution is 2.45. The van der Waals surface area contributed by atoms with Crippen molar-refractivity contribution in [1.29, 1.82) is 0 Å². The molecule has 0 saturated carbocycles. The van der Waals surface area contributed by atoms with Crippen molar-refractivity contribution in [2.45, 2.75) is 44.6 Å². The Labute approximate surface area is 264 Å². The Balaban J connectivity index is 1.11. The number of rotatable bonds is 4. The molecule has 5 heterocycles. The number of carbonyl (C=O) groups is 3. The number of para-hydroxylation sites is 2. The molecule has 3 aliphatic heterocycles. The summed E-state index contributed by atoms with van der Waals surface area (Å²) in [5.74, 6) is -0.723. The summed E-state index contributed by atoms with van der Waals surface area (Å²) in [4.78, 5) is 44.6. The van der Waals surface area contributed by atoms with Gasteiger partial charge in [-0.05, 0) is 24.1 Å². The number of imide groups is 1. The molecule has 9 nitrogen and oxygen atoms in total. The Kier molecular flexibility index (Phi) is 6.02. The molecule has 3 aliphatic rings. The first-order valence-electron chi connectivity index (χ1n) is 16.0. The van der Waals surface area contributed by atoms with Gasteiger partial charge in [-0.15, -0.1) is 0 Å². The van der Waals surface area contributed by atoms with Gasteiger partial charge in [0, 0.05) is 78.3 Å². The average molecular weight is 612 g/mol. The summed E-state index contributed by atoms with van der Waals surface area (Å²) in [7, 11) is 1.85. The SMILES string of the molecule is CN(C(=O)OC1CCn2c3ccccc3c3c4c(c5c6ccccc6n(c5c32)C1)C(=O)NC4=O)C1CCN(Cc2ccccc2)C1. The third kappa shape index (κ3) is 3.94. The van der Waals surface area contributed by atoms with E-state index < -0.39 is 6.10 Å². The number of hydrogen-bond acceptors (Lipinski definition) is 5. The van der Waals surface area contributed by atoms with Crippen LogP contribution >= 0.6 is 0 Å². The number of fused-ring (bicyclic) bond motifs is 9. The lowest BCUT2D eigenvalue weighted by Crippen LogP contribution is -2.41. The maximum Gasteiger partial charge on any atom is 0.410 e. The summed E-state index contributed by atoms with van der Waals surface area (Å²) >= 11 is 0. The number of aromatic nitrogens is 2. The summed E-state index contributed by atoms with van der Waals surface area (Å²) in [5.41, 5.74) is 5.94. The molecular formula is C37H33N5O4. The number of benzene rings is 4. The predicted octanol–water partition coefficient (Wildman–Crippen LogP) is 5.90. The zero-order valence-electron chi connectivity index (χ0n) is 25.5. The topological polar surface area (TPSA) is 88.8 Å². The second kappa shape index (κ2) is 10.2. The van der Waals surface area contributed by atoms with Gasteiger partial charge in [0.05, 0.1) is 28.7 Å². The monoisotopic (exact) mass is 611 g/mol. The standard InChI is InChI=1S/C37H33N5O4/c1-39(23-15-17-40(20-23)19-22-9-3-2-4-10-22)37(45)46-24-16-18-41-27-13-7-5-11-25(27)29-31-32(36(44)38-35(31)43)30-26-12-6-8-14-28(26)42(21-24)34(30)33(29)41/h2-14,23-24H,15-21H2,1H3,(H,38,43,44). The lowest BCUT2D eigenvalue weighted by Gasteiger charge is -2.29. The van der Waals surface area contributed by atoms with Gasteiger partial charge in [-0.2, -0.15) is 0 Å². The maximum atomic E-state index is 13.7. The van der Waals surface area contributed by atoms with Crippen LogP contribution < -0.4 is 5.32 Å². The van der Waals surface area contributed by atoms with Crippen molar-refractivity contribution >= 4 is 61.5 Å². The van der Waals surface area contributed by atoms with Gasteiger partial charge in [0.1, 0.15) is 6.10 Å². The van der Waals surface area contributed by atoms with Gasteiger partial charge in [0.25, 0.3) is 11.8 Å². The van der Waals surface area contributed by atoms with E-state index in [1.807, 2.05) is 55.6 Å². The van der Waals surface area contributed by atoms with E-state index in [1.54, 1.807) is 4.90 Å². The van der Waals surface area contributed by atoms with Gasteiger partial charge >= 0.3 is 6.09 Å². The molecule has 0 aliphatic carbocycles. The van der Waals surface area contributed by atoms with Crippen molar-refractivity contribution in [3.8, 4) is 0 Å². The number of ether oxygens (including phenoxy) is 1. The van der Waals surface area contributed by atoms with Crippen LogP contribution in [0.4, 0.5) is 4.79 Å². The fraction of sp³-hybridized carbons (Fsp3) is 0.270. The molecule has 0 spiro atoms. The molecule has 1 saturated heterocycles. The number of nitrogens with zero attached hydrogens (tertiary/aromatic N) is 4. The molecule has 6 aromatic rings. The molecule has 2 aromatic heterocycles. The van der Waals surface area contributed by atoms with E-state index >= 15 is 0 Å². The van der Waals surface area contributed by atoms with Gasteiger partial charge in [-0.1, -0.05) is 66.7 Å². The third-order valence-electron chi connectivity index (χ3n) is 10.3. The van der Waals surface area contributed by atoms with Crippen LogP contribution in [0.15, 0.2) is 78.9 Å². The largest absolute Gasteiger partial charge is 0.444 e. The first-order chi connectivity index (χ1) is 22.5. The number of carbonyl (C=O) groups excluding carboxylic acids is 3. The van der Waals surface area contributed by atoms with E-state index in [4.69, 9.17) is 4.74 Å². The second-order valence-corrected chi connectivity index (χ2v) is 12.8.